The van der Waals surface area contributed by atoms with Crippen molar-refractivity contribution < 1.29 is 22.9 Å². The number of amides is 1. The first-order valence-corrected chi connectivity index (χ1v) is 26.8. The van der Waals surface area contributed by atoms with E-state index in [0.717, 1.165) is 139 Å². The fourth-order valence-electron chi connectivity index (χ4n) is 9.95. The maximum Gasteiger partial charge on any atom is 0.293 e. The van der Waals surface area contributed by atoms with Crippen molar-refractivity contribution in [1.29, 1.82) is 0 Å². The van der Waals surface area contributed by atoms with E-state index in [4.69, 9.17) is 16.3 Å². The number of allylic oxidation sites excluding steroid dienone is 1. The molecule has 4 aliphatic rings. The van der Waals surface area contributed by atoms with Crippen LogP contribution in [0.1, 0.15) is 54.9 Å². The van der Waals surface area contributed by atoms with Crippen LogP contribution < -0.4 is 20.3 Å². The summed E-state index contributed by atoms with van der Waals surface area (Å²) in [5.74, 6) is -0.178. The molecule has 0 spiro atoms. The highest BCUT2D eigenvalue weighted by Gasteiger charge is 2.35. The van der Waals surface area contributed by atoms with Crippen LogP contribution in [-0.2, 0) is 14.8 Å². The van der Waals surface area contributed by atoms with E-state index in [1.165, 1.54) is 28.8 Å². The Labute approximate surface area is 423 Å². The lowest BCUT2D eigenvalue weighted by Crippen LogP contribution is -2.49. The Kier molecular flexibility index (Phi) is 18.9. The smallest absolute Gasteiger partial charge is 0.293 e. The zero-order chi connectivity index (χ0) is 47.5. The summed E-state index contributed by atoms with van der Waals surface area (Å²) in [4.78, 5) is 35.8. The van der Waals surface area contributed by atoms with Crippen LogP contribution in [0.15, 0.2) is 112 Å². The van der Waals surface area contributed by atoms with E-state index in [-0.39, 0.29) is 45.7 Å². The van der Waals surface area contributed by atoms with Crippen LogP contribution in [-0.4, -0.2) is 144 Å². The van der Waals surface area contributed by atoms with Crippen molar-refractivity contribution in [1.82, 2.24) is 24.7 Å². The lowest BCUT2D eigenvalue weighted by Gasteiger charge is -2.43. The molecule has 4 aromatic rings. The lowest BCUT2D eigenvalue weighted by molar-refractivity contribution is -0.384. The summed E-state index contributed by atoms with van der Waals surface area (Å²) >= 11 is 7.95. The number of piperazine rings is 2. The summed E-state index contributed by atoms with van der Waals surface area (Å²) in [5.41, 5.74) is 5.40. The molecular formula is C51H66Cl2N8O6S2. The number of carbonyl (C=O) groups is 1. The number of ether oxygens (including phenoxy) is 1. The van der Waals surface area contributed by atoms with E-state index in [2.05, 4.69) is 54.0 Å². The molecule has 4 aromatic carbocycles. The average Bonchev–Trinajstić information content (AvgIpc) is 3.63. The van der Waals surface area contributed by atoms with Gasteiger partial charge in [0.15, 0.2) is 0 Å². The van der Waals surface area contributed by atoms with Crippen LogP contribution in [0.25, 0.3) is 5.57 Å². The van der Waals surface area contributed by atoms with Gasteiger partial charge in [-0.1, -0.05) is 54.4 Å². The average molecular weight is 1020 g/mol. The number of halogens is 2. The second-order valence-electron chi connectivity index (χ2n) is 18.8. The summed E-state index contributed by atoms with van der Waals surface area (Å²) in [5, 5.41) is 20.0. The molecular weight excluding hydrogens is 956 g/mol. The molecule has 3 fully saturated rings. The largest absolute Gasteiger partial charge is 0.380 e. The van der Waals surface area contributed by atoms with Crippen LogP contribution in [0.4, 0.5) is 17.1 Å². The molecule has 3 N–H and O–H groups in total. The summed E-state index contributed by atoms with van der Waals surface area (Å²) in [7, 11) is -4.46. The number of benzene rings is 4. The number of nitrogens with zero attached hydrogens (tertiary/aromatic N) is 5. The van der Waals surface area contributed by atoms with Gasteiger partial charge < -0.3 is 30.1 Å². The molecule has 0 bridgehead atoms. The van der Waals surface area contributed by atoms with Crippen molar-refractivity contribution in [2.24, 2.45) is 5.41 Å². The highest BCUT2D eigenvalue weighted by Crippen LogP contribution is 2.44. The molecule has 8 rings (SSSR count). The molecule has 2 unspecified atom stereocenters. The Morgan fingerprint density at radius 2 is 1.64 bits per heavy atom. The molecule has 1 aliphatic carbocycles. The lowest BCUT2D eigenvalue weighted by atomic mass is 9.71. The molecule has 14 nitrogen and oxygen atoms in total. The number of sulfonamides is 1. The highest BCUT2D eigenvalue weighted by atomic mass is 35.5. The van der Waals surface area contributed by atoms with Crippen LogP contribution in [0.3, 0.4) is 0 Å². The van der Waals surface area contributed by atoms with Crippen molar-refractivity contribution in [3.63, 3.8) is 0 Å². The Balaban J connectivity index is 0.00000703. The molecule has 2 atom stereocenters. The second kappa shape index (κ2) is 24.7. The van der Waals surface area contributed by atoms with Gasteiger partial charge in [-0.05, 0) is 109 Å². The molecule has 0 saturated carbocycles. The first kappa shape index (κ1) is 52.6. The van der Waals surface area contributed by atoms with E-state index < -0.39 is 20.9 Å². The van der Waals surface area contributed by atoms with Gasteiger partial charge in [-0.25, -0.2) is 13.1 Å². The van der Waals surface area contributed by atoms with Crippen molar-refractivity contribution in [2.45, 2.75) is 54.9 Å². The number of hydrogen-bond donors (Lipinski definition) is 3. The topological polar surface area (TPSA) is 153 Å². The Morgan fingerprint density at radius 3 is 2.36 bits per heavy atom. The molecule has 69 heavy (non-hydrogen) atoms. The van der Waals surface area contributed by atoms with Crippen LogP contribution in [0.5, 0.6) is 0 Å². The van der Waals surface area contributed by atoms with Gasteiger partial charge >= 0.3 is 0 Å². The highest BCUT2D eigenvalue weighted by molar-refractivity contribution is 7.99. The standard InChI is InChI=1S/C51H65ClN8O6S2.ClH/c1-51(38-58-25-21-53-22-26-58)20-18-47(39-8-12-42(52)13-9-39)41(35-51)36-57-27-29-59(30-28-57)44-14-10-40(11-15-44)50(61)55-68(64,65)46-16-17-48(49(34-46)60(62)63)54-43(37-67-45-6-3-2-4-7-45)19-24-56-23-5-32-66-33-31-56;/h2-4,6-17,34,43,53-54H,5,18-33,35-38H2,1H3,(H,55,61);1H. The molecule has 3 saturated heterocycles. The third kappa shape index (κ3) is 14.7. The van der Waals surface area contributed by atoms with Gasteiger partial charge in [0, 0.05) is 131 Å². The number of nitro benzene ring substituents is 1. The molecule has 1 amide bonds. The fourth-order valence-corrected chi connectivity index (χ4v) is 12.1. The van der Waals surface area contributed by atoms with Gasteiger partial charge in [-0.2, -0.15) is 0 Å². The molecule has 3 heterocycles. The normalized spacial score (nSPS) is 20.4. The van der Waals surface area contributed by atoms with E-state index in [1.807, 2.05) is 54.6 Å². The summed E-state index contributed by atoms with van der Waals surface area (Å²) in [6.45, 7) is 16.1. The van der Waals surface area contributed by atoms with E-state index in [9.17, 15) is 23.3 Å². The maximum absolute atomic E-state index is 13.6. The van der Waals surface area contributed by atoms with E-state index in [1.54, 1.807) is 23.9 Å². The summed E-state index contributed by atoms with van der Waals surface area (Å²) < 4.78 is 35.0. The van der Waals surface area contributed by atoms with Crippen molar-refractivity contribution >= 4 is 74.3 Å². The SMILES string of the molecule is CC1(CN2CCNCC2)CCC(c2ccc(Cl)cc2)=C(CN2CCN(c3ccc(C(=O)NS(=O)(=O)c4ccc(NC(CCN5CCCOCC5)CSc5ccccc5)c([N+](=O)[O-])c4)cc3)CC2)C1.Cl. The summed E-state index contributed by atoms with van der Waals surface area (Å²) in [6, 6.07) is 28.8. The number of nitro groups is 1. The van der Waals surface area contributed by atoms with Crippen molar-refractivity contribution in [3.8, 4) is 0 Å². The Hall–Kier alpha value is -4.23. The number of thioether (sulfide) groups is 1. The number of rotatable bonds is 18. The molecule has 0 aromatic heterocycles. The molecule has 372 valence electrons. The number of anilines is 2. The number of carbonyl (C=O) groups excluding carboxylic acids is 1. The minimum Gasteiger partial charge on any atom is -0.380 e. The minimum absolute atomic E-state index is 0. The van der Waals surface area contributed by atoms with Gasteiger partial charge in [0.25, 0.3) is 21.6 Å². The van der Waals surface area contributed by atoms with E-state index >= 15 is 0 Å². The van der Waals surface area contributed by atoms with Crippen molar-refractivity contribution in [3.05, 3.63) is 129 Å². The van der Waals surface area contributed by atoms with Crippen LogP contribution >= 0.6 is 35.8 Å². The van der Waals surface area contributed by atoms with Gasteiger partial charge in [-0.15, -0.1) is 24.2 Å². The van der Waals surface area contributed by atoms with Crippen LogP contribution in [0, 0.1) is 15.5 Å². The van der Waals surface area contributed by atoms with Gasteiger partial charge in [0.1, 0.15) is 5.69 Å². The number of nitrogens with one attached hydrogen (secondary N) is 3. The monoisotopic (exact) mass is 1020 g/mol. The van der Waals surface area contributed by atoms with Gasteiger partial charge in [0.2, 0.25) is 0 Å². The Morgan fingerprint density at radius 1 is 0.899 bits per heavy atom. The first-order valence-electron chi connectivity index (χ1n) is 24.0. The Bertz CT molecular complexity index is 2470. The van der Waals surface area contributed by atoms with Crippen LogP contribution in [0.2, 0.25) is 5.02 Å². The third-order valence-corrected chi connectivity index (χ3v) is 16.5. The number of hydrogen-bond acceptors (Lipinski definition) is 13. The zero-order valence-corrected chi connectivity index (χ0v) is 42.7. The van der Waals surface area contributed by atoms with E-state index in [0.29, 0.717) is 18.8 Å². The quantitative estimate of drug-likeness (QED) is 0.0500. The maximum atomic E-state index is 13.6. The summed E-state index contributed by atoms with van der Waals surface area (Å²) in [6.07, 6.45) is 4.94. The second-order valence-corrected chi connectivity index (χ2v) is 22.1. The molecule has 3 aliphatic heterocycles. The van der Waals surface area contributed by atoms with Crippen molar-refractivity contribution in [2.75, 3.05) is 114 Å². The molecule has 0 radical (unpaired) electrons. The predicted octanol–water partition coefficient (Wildman–Crippen LogP) is 8.15. The predicted molar refractivity (Wildman–Crippen MR) is 281 cm³/mol. The van der Waals surface area contributed by atoms with Gasteiger partial charge in [0.05, 0.1) is 16.4 Å². The molecule has 18 heteroatoms. The third-order valence-electron chi connectivity index (χ3n) is 13.7. The van der Waals surface area contributed by atoms with Gasteiger partial charge in [-0.3, -0.25) is 19.8 Å². The zero-order valence-electron chi connectivity index (χ0n) is 39.5. The fraction of sp³-hybridized carbons (Fsp3) is 0.471. The minimum atomic E-state index is -4.46. The first-order chi connectivity index (χ1) is 32.9.